The van der Waals surface area contributed by atoms with E-state index in [9.17, 15) is 4.39 Å². The lowest BCUT2D eigenvalue weighted by Crippen LogP contribution is -2.48. The molecule has 2 heterocycles. The van der Waals surface area contributed by atoms with E-state index in [2.05, 4.69) is 41.3 Å². The molecule has 0 radical (unpaired) electrons. The fraction of sp³-hybridized carbons (Fsp3) is 0.556. The molecule has 0 amide bonds. The molecule has 1 spiro atoms. The number of rotatable bonds is 5. The molecule has 2 aromatic carbocycles. The fourth-order valence-corrected chi connectivity index (χ4v) is 6.13. The molecule has 0 unspecified atom stereocenters. The van der Waals surface area contributed by atoms with Gasteiger partial charge in [0.25, 0.3) is 0 Å². The molecule has 0 bridgehead atoms. The molecule has 5 rings (SSSR count). The average Bonchev–Trinajstić information content (AvgIpc) is 2.83. The highest BCUT2D eigenvalue weighted by molar-refractivity contribution is 5.48. The average molecular weight is 440 g/mol. The Balaban J connectivity index is 1.31. The zero-order chi connectivity index (χ0) is 22.1. The Bertz CT molecular complexity index is 954. The molecule has 4 nitrogen and oxygen atoms in total. The number of methoxy groups -OCH3 is 2. The quantitative estimate of drug-likeness (QED) is 0.641. The Labute approximate surface area is 190 Å². The van der Waals surface area contributed by atoms with Crippen molar-refractivity contribution in [1.82, 2.24) is 4.90 Å². The smallest absolute Gasteiger partial charge is 0.161 e. The van der Waals surface area contributed by atoms with Gasteiger partial charge < -0.3 is 14.2 Å². The lowest BCUT2D eigenvalue weighted by Gasteiger charge is -2.49. The number of alkyl halides is 1. The number of hydrogen-bond donors (Lipinski definition) is 0. The predicted octanol–water partition coefficient (Wildman–Crippen LogP) is 5.20. The van der Waals surface area contributed by atoms with E-state index >= 15 is 0 Å². The summed E-state index contributed by atoms with van der Waals surface area (Å²) in [6.07, 6.45) is 6.59. The van der Waals surface area contributed by atoms with Gasteiger partial charge in [-0.15, -0.1) is 0 Å². The van der Waals surface area contributed by atoms with Crippen molar-refractivity contribution < 1.29 is 18.6 Å². The summed E-state index contributed by atoms with van der Waals surface area (Å²) in [5.41, 5.74) is 5.16. The first-order chi connectivity index (χ1) is 15.7. The Morgan fingerprint density at radius 1 is 1.03 bits per heavy atom. The summed E-state index contributed by atoms with van der Waals surface area (Å²) < 4.78 is 30.8. The monoisotopic (exact) mass is 439 g/mol. The zero-order valence-electron chi connectivity index (χ0n) is 19.2. The highest BCUT2D eigenvalue weighted by atomic mass is 19.1. The Kier molecular flexibility index (Phi) is 6.13. The van der Waals surface area contributed by atoms with Gasteiger partial charge in [0.05, 0.1) is 32.6 Å². The largest absolute Gasteiger partial charge is 0.493 e. The van der Waals surface area contributed by atoms with E-state index in [1.54, 1.807) is 14.2 Å². The van der Waals surface area contributed by atoms with Crippen LogP contribution < -0.4 is 9.47 Å². The van der Waals surface area contributed by atoms with Crippen LogP contribution in [0.15, 0.2) is 36.4 Å². The van der Waals surface area contributed by atoms with Crippen LogP contribution in [0.5, 0.6) is 11.5 Å². The molecular weight excluding hydrogens is 405 g/mol. The van der Waals surface area contributed by atoms with Crippen molar-refractivity contribution in [2.24, 2.45) is 0 Å². The van der Waals surface area contributed by atoms with E-state index in [1.807, 2.05) is 0 Å². The van der Waals surface area contributed by atoms with Gasteiger partial charge in [0, 0.05) is 25.6 Å². The molecule has 0 aromatic heterocycles. The van der Waals surface area contributed by atoms with Gasteiger partial charge >= 0.3 is 0 Å². The number of halogens is 1. The van der Waals surface area contributed by atoms with Crippen molar-refractivity contribution in [3.63, 3.8) is 0 Å². The number of nitrogens with zero attached hydrogens (tertiary/aromatic N) is 1. The first kappa shape index (κ1) is 21.7. The molecule has 1 saturated carbocycles. The third-order valence-electron chi connectivity index (χ3n) is 7.81. The highest BCUT2D eigenvalue weighted by Gasteiger charge is 2.44. The molecule has 2 aliphatic heterocycles. The van der Waals surface area contributed by atoms with Gasteiger partial charge in [-0.1, -0.05) is 24.3 Å². The summed E-state index contributed by atoms with van der Waals surface area (Å²) >= 11 is 0. The lowest BCUT2D eigenvalue weighted by atomic mass is 9.73. The molecule has 1 atom stereocenters. The van der Waals surface area contributed by atoms with Crippen LogP contribution in [0.4, 0.5) is 4.39 Å². The summed E-state index contributed by atoms with van der Waals surface area (Å²) in [6, 6.07) is 13.5. The molecule has 1 fully saturated rings. The topological polar surface area (TPSA) is 30.9 Å². The van der Waals surface area contributed by atoms with Crippen LogP contribution in [0.25, 0.3) is 0 Å². The molecule has 0 N–H and O–H groups in total. The second-order valence-electron chi connectivity index (χ2n) is 9.50. The van der Waals surface area contributed by atoms with Crippen LogP contribution in [0.1, 0.15) is 54.4 Å². The van der Waals surface area contributed by atoms with Crippen molar-refractivity contribution in [2.45, 2.75) is 69.2 Å². The van der Waals surface area contributed by atoms with Crippen LogP contribution in [0, 0.1) is 0 Å². The minimum atomic E-state index is -0.313. The van der Waals surface area contributed by atoms with E-state index in [4.69, 9.17) is 14.2 Å². The summed E-state index contributed by atoms with van der Waals surface area (Å²) in [6.45, 7) is 1.71. The van der Waals surface area contributed by atoms with Crippen molar-refractivity contribution in [3.8, 4) is 11.5 Å². The van der Waals surface area contributed by atoms with E-state index < -0.39 is 0 Å². The predicted molar refractivity (Wildman–Crippen MR) is 123 cm³/mol. The minimum Gasteiger partial charge on any atom is -0.493 e. The van der Waals surface area contributed by atoms with Crippen LogP contribution in [-0.4, -0.2) is 44.5 Å². The summed E-state index contributed by atoms with van der Waals surface area (Å²) in [5.74, 6) is 1.62. The molecule has 5 heteroatoms. The first-order valence-corrected chi connectivity index (χ1v) is 12.0. The second-order valence-corrected chi connectivity index (χ2v) is 9.50. The normalized spacial score (nSPS) is 27.6. The number of benzene rings is 2. The van der Waals surface area contributed by atoms with E-state index in [0.717, 1.165) is 63.1 Å². The maximum absolute atomic E-state index is 13.1. The lowest BCUT2D eigenvalue weighted by molar-refractivity contribution is -0.141. The SMILES string of the molecule is COc1cc2c(cc1OC)CN(C1CCC3(CC1)O[C@@H](CCF)Cc1ccccc13)CC2. The summed E-state index contributed by atoms with van der Waals surface area (Å²) in [7, 11) is 3.39. The molecule has 3 aliphatic rings. The fourth-order valence-electron chi connectivity index (χ4n) is 6.13. The van der Waals surface area contributed by atoms with Crippen molar-refractivity contribution in [1.29, 1.82) is 0 Å². The third-order valence-corrected chi connectivity index (χ3v) is 7.81. The third kappa shape index (κ3) is 3.90. The van der Waals surface area contributed by atoms with Gasteiger partial charge in [0.1, 0.15) is 0 Å². The van der Waals surface area contributed by atoms with E-state index in [-0.39, 0.29) is 18.4 Å². The molecule has 2 aromatic rings. The number of fused-ring (bicyclic) bond motifs is 3. The van der Waals surface area contributed by atoms with Crippen molar-refractivity contribution in [2.75, 3.05) is 27.4 Å². The molecular formula is C27H34FNO3. The molecule has 0 saturated heterocycles. The summed E-state index contributed by atoms with van der Waals surface area (Å²) in [5, 5.41) is 0. The van der Waals surface area contributed by atoms with Gasteiger partial charge in [0.15, 0.2) is 11.5 Å². The second kappa shape index (κ2) is 9.03. The highest BCUT2D eigenvalue weighted by Crippen LogP contribution is 2.47. The number of hydrogen-bond acceptors (Lipinski definition) is 4. The van der Waals surface area contributed by atoms with Crippen molar-refractivity contribution >= 4 is 0 Å². The Morgan fingerprint density at radius 2 is 1.75 bits per heavy atom. The van der Waals surface area contributed by atoms with Gasteiger partial charge in [-0.2, -0.15) is 0 Å². The maximum Gasteiger partial charge on any atom is 0.161 e. The maximum atomic E-state index is 13.1. The standard InChI is InChI=1S/C27H34FNO3/c1-30-25-16-19-10-14-29(18-21(19)17-26(25)31-2)22-7-11-27(12-8-22)24-6-4-3-5-20(24)15-23(32-27)9-13-28/h3-6,16-17,22-23H,7-15,18H2,1-2H3/t22?,23-,27?/m0/s1. The Morgan fingerprint density at radius 3 is 2.47 bits per heavy atom. The number of ether oxygens (including phenoxy) is 3. The van der Waals surface area contributed by atoms with Gasteiger partial charge in [-0.3, -0.25) is 9.29 Å². The van der Waals surface area contributed by atoms with Gasteiger partial charge in [-0.05, 0) is 72.9 Å². The van der Waals surface area contributed by atoms with E-state index in [1.165, 1.54) is 22.3 Å². The van der Waals surface area contributed by atoms with Crippen LogP contribution in [-0.2, 0) is 29.7 Å². The van der Waals surface area contributed by atoms with Crippen molar-refractivity contribution in [3.05, 3.63) is 58.7 Å². The van der Waals surface area contributed by atoms with E-state index in [0.29, 0.717) is 12.5 Å². The van der Waals surface area contributed by atoms with Gasteiger partial charge in [0.2, 0.25) is 0 Å². The molecule has 172 valence electrons. The molecule has 1 aliphatic carbocycles. The van der Waals surface area contributed by atoms with Crippen LogP contribution in [0.3, 0.4) is 0 Å². The minimum absolute atomic E-state index is 0.00393. The van der Waals surface area contributed by atoms with Crippen LogP contribution in [0.2, 0.25) is 0 Å². The van der Waals surface area contributed by atoms with Gasteiger partial charge in [-0.25, -0.2) is 0 Å². The van der Waals surface area contributed by atoms with Crippen LogP contribution >= 0.6 is 0 Å². The molecule has 32 heavy (non-hydrogen) atoms. The first-order valence-electron chi connectivity index (χ1n) is 12.0. The summed E-state index contributed by atoms with van der Waals surface area (Å²) in [4.78, 5) is 2.63. The Hall–Kier alpha value is -2.11. The zero-order valence-corrected chi connectivity index (χ0v) is 19.2.